The number of nitrogens with zero attached hydrogens (tertiary/aromatic N) is 2. The van der Waals surface area contributed by atoms with Crippen LogP contribution in [0.25, 0.3) is 27.4 Å². The van der Waals surface area contributed by atoms with Gasteiger partial charge in [-0.15, -0.1) is 0 Å². The molecule has 1 fully saturated rings. The second-order valence-corrected chi connectivity index (χ2v) is 10.8. The number of anilines is 1. The molecule has 1 N–H and O–H groups in total. The summed E-state index contributed by atoms with van der Waals surface area (Å²) in [5.41, 5.74) is 0.994. The Bertz CT molecular complexity index is 1640. The molecule has 0 radical (unpaired) electrons. The third-order valence-electron chi connectivity index (χ3n) is 7.67. The number of pyridine rings is 1. The molecule has 6 rings (SSSR count). The summed E-state index contributed by atoms with van der Waals surface area (Å²) < 4.78 is 28.8. The number of halogens is 1. The molecule has 0 spiro atoms. The quantitative estimate of drug-likeness (QED) is 0.183. The van der Waals surface area contributed by atoms with E-state index in [4.69, 9.17) is 9.47 Å². The third-order valence-corrected chi connectivity index (χ3v) is 7.67. The SMILES string of the molecule is CCCCNc1c(F)cc2c(=O)c(C(=O)N3CCCC3)cn3c2c1Oc1c-3ccc2ccccc12.CCCOCCC. The Kier molecular flexibility index (Phi) is 9.42. The topological polar surface area (TPSA) is 72.8 Å². The van der Waals surface area contributed by atoms with Gasteiger partial charge in [0.25, 0.3) is 5.91 Å². The summed E-state index contributed by atoms with van der Waals surface area (Å²) in [5.74, 6) is -0.0257. The fourth-order valence-electron chi connectivity index (χ4n) is 5.53. The minimum absolute atomic E-state index is 0.0532. The minimum Gasteiger partial charge on any atom is -0.450 e. The maximum absolute atomic E-state index is 15.5. The largest absolute Gasteiger partial charge is 0.450 e. The van der Waals surface area contributed by atoms with Crippen LogP contribution >= 0.6 is 0 Å². The molecule has 3 heterocycles. The average Bonchev–Trinajstić information content (AvgIpc) is 3.55. The second kappa shape index (κ2) is 13.4. The van der Waals surface area contributed by atoms with E-state index in [1.54, 1.807) is 11.1 Å². The van der Waals surface area contributed by atoms with Gasteiger partial charge in [-0.3, -0.25) is 9.59 Å². The normalized spacial score (nSPS) is 13.5. The van der Waals surface area contributed by atoms with Crippen molar-refractivity contribution in [3.63, 3.8) is 0 Å². The second-order valence-electron chi connectivity index (χ2n) is 10.8. The van der Waals surface area contributed by atoms with Gasteiger partial charge in [0.2, 0.25) is 5.43 Å². The number of unbranched alkanes of at least 4 members (excludes halogenated alkanes) is 1. The molecule has 3 aromatic carbocycles. The van der Waals surface area contributed by atoms with E-state index in [0.717, 1.165) is 62.5 Å². The zero-order chi connectivity index (χ0) is 29.6. The molecule has 2 aliphatic rings. The first-order chi connectivity index (χ1) is 20.5. The van der Waals surface area contributed by atoms with Gasteiger partial charge in [0.15, 0.2) is 17.3 Å². The van der Waals surface area contributed by atoms with Crippen LogP contribution in [0.1, 0.15) is 69.7 Å². The van der Waals surface area contributed by atoms with Gasteiger partial charge in [-0.25, -0.2) is 4.39 Å². The number of carbonyl (C=O) groups is 1. The Labute approximate surface area is 246 Å². The molecule has 8 heteroatoms. The molecule has 2 aliphatic heterocycles. The van der Waals surface area contributed by atoms with Gasteiger partial charge in [0.1, 0.15) is 16.8 Å². The molecular formula is C34H40FN3O4. The molecule has 1 amide bonds. The average molecular weight is 574 g/mol. The van der Waals surface area contributed by atoms with Crippen molar-refractivity contribution in [3.8, 4) is 17.2 Å². The molecule has 42 heavy (non-hydrogen) atoms. The van der Waals surface area contributed by atoms with Crippen molar-refractivity contribution in [1.29, 1.82) is 0 Å². The predicted octanol–water partition coefficient (Wildman–Crippen LogP) is 7.66. The highest BCUT2D eigenvalue weighted by Crippen LogP contribution is 2.47. The van der Waals surface area contributed by atoms with E-state index in [1.165, 1.54) is 6.07 Å². The molecule has 0 bridgehead atoms. The lowest BCUT2D eigenvalue weighted by atomic mass is 10.0. The number of aromatic nitrogens is 1. The number of fused-ring (bicyclic) bond motifs is 4. The highest BCUT2D eigenvalue weighted by Gasteiger charge is 2.31. The first-order valence-electron chi connectivity index (χ1n) is 15.2. The Morgan fingerprint density at radius 1 is 0.976 bits per heavy atom. The van der Waals surface area contributed by atoms with E-state index in [0.29, 0.717) is 36.6 Å². The Balaban J connectivity index is 0.000000451. The summed E-state index contributed by atoms with van der Waals surface area (Å²) in [6.45, 7) is 9.99. The summed E-state index contributed by atoms with van der Waals surface area (Å²) in [7, 11) is 0. The van der Waals surface area contributed by atoms with E-state index in [2.05, 4.69) is 26.1 Å². The fraction of sp³-hybridized carbons (Fsp3) is 0.412. The highest BCUT2D eigenvalue weighted by molar-refractivity contribution is 6.03. The van der Waals surface area contributed by atoms with Crippen molar-refractivity contribution >= 4 is 33.3 Å². The molecule has 1 aromatic heterocycles. The van der Waals surface area contributed by atoms with Crippen LogP contribution in [0.15, 0.2) is 53.5 Å². The van der Waals surface area contributed by atoms with E-state index < -0.39 is 11.2 Å². The fourth-order valence-corrected chi connectivity index (χ4v) is 5.53. The molecule has 222 valence electrons. The summed E-state index contributed by atoms with van der Waals surface area (Å²) in [5, 5.41) is 5.18. The van der Waals surface area contributed by atoms with Crippen molar-refractivity contribution < 1.29 is 18.7 Å². The number of carbonyl (C=O) groups excluding carboxylic acids is 1. The number of likely N-dealkylation sites (tertiary alicyclic amines) is 1. The van der Waals surface area contributed by atoms with Crippen LogP contribution in [0.2, 0.25) is 0 Å². The van der Waals surface area contributed by atoms with Crippen LogP contribution < -0.4 is 15.5 Å². The molecule has 7 nitrogen and oxygen atoms in total. The molecule has 0 atom stereocenters. The number of hydrogen-bond acceptors (Lipinski definition) is 5. The van der Waals surface area contributed by atoms with Crippen LogP contribution in [0, 0.1) is 5.82 Å². The van der Waals surface area contributed by atoms with Gasteiger partial charge in [0, 0.05) is 44.4 Å². The zero-order valence-electron chi connectivity index (χ0n) is 24.8. The Hall–Kier alpha value is -3.91. The first kappa shape index (κ1) is 29.6. The van der Waals surface area contributed by atoms with E-state index in [1.807, 2.05) is 41.0 Å². The summed E-state index contributed by atoms with van der Waals surface area (Å²) in [6.07, 6.45) is 7.55. The van der Waals surface area contributed by atoms with Gasteiger partial charge in [-0.1, -0.05) is 57.5 Å². The third kappa shape index (κ3) is 5.73. The van der Waals surface area contributed by atoms with Crippen molar-refractivity contribution in [2.24, 2.45) is 0 Å². The number of benzene rings is 3. The molecule has 0 aliphatic carbocycles. The summed E-state index contributed by atoms with van der Waals surface area (Å²) in [6, 6.07) is 13.0. The van der Waals surface area contributed by atoms with E-state index >= 15 is 4.39 Å². The summed E-state index contributed by atoms with van der Waals surface area (Å²) >= 11 is 0. The van der Waals surface area contributed by atoms with E-state index in [-0.39, 0.29) is 28.3 Å². The number of nitrogens with one attached hydrogen (secondary N) is 1. The monoisotopic (exact) mass is 573 g/mol. The Morgan fingerprint density at radius 3 is 2.43 bits per heavy atom. The van der Waals surface area contributed by atoms with E-state index in [9.17, 15) is 9.59 Å². The lowest BCUT2D eigenvalue weighted by Gasteiger charge is -2.27. The first-order valence-corrected chi connectivity index (χ1v) is 15.2. The smallest absolute Gasteiger partial charge is 0.259 e. The number of rotatable bonds is 9. The van der Waals surface area contributed by atoms with Crippen LogP contribution in [-0.4, -0.2) is 48.2 Å². The van der Waals surface area contributed by atoms with Gasteiger partial charge in [0.05, 0.1) is 11.1 Å². The van der Waals surface area contributed by atoms with Crippen molar-refractivity contribution in [3.05, 3.63) is 70.3 Å². The Morgan fingerprint density at radius 2 is 1.71 bits per heavy atom. The molecule has 4 aromatic rings. The standard InChI is InChI=1S/C28H26FN3O3.C6H14O/c1-2-3-12-30-23-21(29)15-19-24-27(23)35-26-18-9-5-4-8-17(18)10-11-22(26)32(24)16-20(25(19)33)28(34)31-13-6-7-14-31;1-3-5-7-6-4-2/h4-5,8-11,15-16,30H,2-3,6-7,12-14H2,1H3;3-6H2,1-2H3. The van der Waals surface area contributed by atoms with Gasteiger partial charge in [-0.05, 0) is 49.6 Å². The van der Waals surface area contributed by atoms with Crippen LogP contribution in [0.3, 0.4) is 0 Å². The van der Waals surface area contributed by atoms with Crippen LogP contribution in [0.4, 0.5) is 10.1 Å². The maximum atomic E-state index is 15.5. The number of ether oxygens (including phenoxy) is 2. The molecule has 1 saturated heterocycles. The summed E-state index contributed by atoms with van der Waals surface area (Å²) in [4.78, 5) is 28.5. The predicted molar refractivity (Wildman–Crippen MR) is 167 cm³/mol. The minimum atomic E-state index is -0.568. The van der Waals surface area contributed by atoms with Gasteiger partial charge >= 0.3 is 0 Å². The van der Waals surface area contributed by atoms with Gasteiger partial charge < -0.3 is 24.3 Å². The lowest BCUT2D eigenvalue weighted by Crippen LogP contribution is -2.33. The van der Waals surface area contributed by atoms with Crippen molar-refractivity contribution in [2.75, 3.05) is 38.2 Å². The zero-order valence-corrected chi connectivity index (χ0v) is 24.8. The van der Waals surface area contributed by atoms with Crippen LogP contribution in [-0.2, 0) is 4.74 Å². The maximum Gasteiger partial charge on any atom is 0.259 e. The molecule has 0 saturated carbocycles. The van der Waals surface area contributed by atoms with Crippen molar-refractivity contribution in [1.82, 2.24) is 9.47 Å². The van der Waals surface area contributed by atoms with Crippen molar-refractivity contribution in [2.45, 2.75) is 59.3 Å². The van der Waals surface area contributed by atoms with Gasteiger partial charge in [-0.2, -0.15) is 0 Å². The molecule has 0 unspecified atom stereocenters. The van der Waals surface area contributed by atoms with Crippen LogP contribution in [0.5, 0.6) is 11.5 Å². The highest BCUT2D eigenvalue weighted by atomic mass is 19.1. The lowest BCUT2D eigenvalue weighted by molar-refractivity contribution is 0.0791. The molecular weight excluding hydrogens is 533 g/mol. The number of amides is 1. The number of hydrogen-bond donors (Lipinski definition) is 1.